The molecule has 2 aromatic rings. The van der Waals surface area contributed by atoms with E-state index in [0.29, 0.717) is 25.3 Å². The first-order valence-electron chi connectivity index (χ1n) is 12.9. The Balaban J connectivity index is 1.44. The summed E-state index contributed by atoms with van der Waals surface area (Å²) < 4.78 is 23.8. The third kappa shape index (κ3) is 9.41. The molecule has 208 valence electrons. The summed E-state index contributed by atoms with van der Waals surface area (Å²) in [6.07, 6.45) is 4.21. The number of methoxy groups -OCH3 is 1. The highest BCUT2D eigenvalue weighted by Crippen LogP contribution is 2.21. The maximum atomic E-state index is 13.6. The van der Waals surface area contributed by atoms with E-state index in [4.69, 9.17) is 26.1 Å². The van der Waals surface area contributed by atoms with E-state index in [0.717, 1.165) is 56.7 Å². The number of hydrogen-bond acceptors (Lipinski definition) is 7. The van der Waals surface area contributed by atoms with Crippen molar-refractivity contribution in [1.29, 1.82) is 0 Å². The number of fused-ring (bicyclic) bond motifs is 1. The summed E-state index contributed by atoms with van der Waals surface area (Å²) in [5, 5.41) is 15.2. The van der Waals surface area contributed by atoms with Crippen LogP contribution in [0.4, 0.5) is 15.0 Å². The van der Waals surface area contributed by atoms with Crippen molar-refractivity contribution in [2.45, 2.75) is 51.2 Å². The normalized spacial score (nSPS) is 13.5. The highest BCUT2D eigenvalue weighted by atomic mass is 35.5. The van der Waals surface area contributed by atoms with E-state index < -0.39 is 23.9 Å². The zero-order chi connectivity index (χ0) is 27.3. The monoisotopic (exact) mass is 550 g/mol. The number of unbranched alkanes of at least 4 members (excludes halogenated alkanes) is 1. The molecular weight excluding hydrogens is 515 g/mol. The molecule has 1 amide bonds. The van der Waals surface area contributed by atoms with Gasteiger partial charge in [0.2, 0.25) is 0 Å². The molecule has 3 N–H and O–H groups in total. The van der Waals surface area contributed by atoms with Crippen LogP contribution in [0.15, 0.2) is 30.3 Å². The van der Waals surface area contributed by atoms with Crippen LogP contribution in [0.2, 0.25) is 5.02 Å². The Kier molecular flexibility index (Phi) is 12.0. The lowest BCUT2D eigenvalue weighted by molar-refractivity contribution is -0.139. The van der Waals surface area contributed by atoms with Crippen molar-refractivity contribution >= 4 is 29.5 Å². The van der Waals surface area contributed by atoms with E-state index in [9.17, 15) is 19.1 Å². The van der Waals surface area contributed by atoms with Crippen LogP contribution in [-0.4, -0.2) is 73.0 Å². The molecule has 1 aliphatic heterocycles. The summed E-state index contributed by atoms with van der Waals surface area (Å²) in [6.45, 7) is 3.07. The average Bonchev–Trinajstić information content (AvgIpc) is 2.91. The van der Waals surface area contributed by atoms with Gasteiger partial charge in [-0.15, -0.1) is 0 Å². The van der Waals surface area contributed by atoms with Crippen molar-refractivity contribution in [3.05, 3.63) is 58.0 Å². The van der Waals surface area contributed by atoms with Crippen molar-refractivity contribution in [2.24, 2.45) is 0 Å². The summed E-state index contributed by atoms with van der Waals surface area (Å²) in [5.41, 5.74) is 2.63. The number of carboxylic acids is 1. The molecule has 9 nitrogen and oxygen atoms in total. The van der Waals surface area contributed by atoms with Crippen LogP contribution in [0, 0.1) is 5.82 Å². The highest BCUT2D eigenvalue weighted by molar-refractivity contribution is 6.31. The molecule has 2 heterocycles. The van der Waals surface area contributed by atoms with Gasteiger partial charge in [0, 0.05) is 38.0 Å². The number of amides is 1. The largest absolute Gasteiger partial charge is 0.480 e. The van der Waals surface area contributed by atoms with Gasteiger partial charge in [-0.1, -0.05) is 29.8 Å². The minimum absolute atomic E-state index is 0.136. The van der Waals surface area contributed by atoms with Gasteiger partial charge in [0.05, 0.1) is 11.6 Å². The third-order valence-corrected chi connectivity index (χ3v) is 6.86. The molecule has 0 spiro atoms. The second-order valence-corrected chi connectivity index (χ2v) is 9.62. The molecule has 38 heavy (non-hydrogen) atoms. The number of hydrogen-bond donors (Lipinski definition) is 3. The SMILES string of the molecule is COCCN(CCCCc1ccc2c(n1)NCCC2)CC[C@H](NC(=O)OCc1cccc(F)c1Cl)C(=O)O. The van der Waals surface area contributed by atoms with E-state index in [1.807, 2.05) is 0 Å². The number of ether oxygens (including phenoxy) is 2. The lowest BCUT2D eigenvalue weighted by Gasteiger charge is -2.24. The van der Waals surface area contributed by atoms with Crippen LogP contribution >= 0.6 is 11.6 Å². The Morgan fingerprint density at radius 3 is 2.87 bits per heavy atom. The van der Waals surface area contributed by atoms with Crippen molar-refractivity contribution in [3.63, 3.8) is 0 Å². The van der Waals surface area contributed by atoms with Crippen LogP contribution in [0.3, 0.4) is 0 Å². The molecule has 0 bridgehead atoms. The number of aromatic nitrogens is 1. The number of carboxylic acid groups (broad SMARTS) is 1. The lowest BCUT2D eigenvalue weighted by atomic mass is 10.1. The number of nitrogens with one attached hydrogen (secondary N) is 2. The van der Waals surface area contributed by atoms with Gasteiger partial charge >= 0.3 is 12.1 Å². The molecule has 0 radical (unpaired) electrons. The van der Waals surface area contributed by atoms with Gasteiger partial charge < -0.3 is 30.1 Å². The first kappa shape index (κ1) is 29.6. The number of aryl methyl sites for hydroxylation is 2. The maximum absolute atomic E-state index is 13.6. The molecule has 1 aromatic heterocycles. The summed E-state index contributed by atoms with van der Waals surface area (Å²) in [5.74, 6) is -0.784. The smallest absolute Gasteiger partial charge is 0.408 e. The Morgan fingerprint density at radius 1 is 1.24 bits per heavy atom. The number of anilines is 1. The van der Waals surface area contributed by atoms with Crippen LogP contribution < -0.4 is 10.6 Å². The third-order valence-electron chi connectivity index (χ3n) is 6.44. The van der Waals surface area contributed by atoms with Gasteiger partial charge in [0.1, 0.15) is 24.3 Å². The first-order valence-corrected chi connectivity index (χ1v) is 13.3. The molecule has 11 heteroatoms. The maximum Gasteiger partial charge on any atom is 0.408 e. The van der Waals surface area contributed by atoms with Crippen molar-refractivity contribution < 1.29 is 28.6 Å². The second kappa shape index (κ2) is 15.5. The summed E-state index contributed by atoms with van der Waals surface area (Å²) in [7, 11) is 1.62. The minimum atomic E-state index is -1.16. The molecular formula is C27H36ClFN4O5. The van der Waals surface area contributed by atoms with Crippen molar-refractivity contribution in [1.82, 2.24) is 15.2 Å². The van der Waals surface area contributed by atoms with Gasteiger partial charge in [-0.25, -0.2) is 19.0 Å². The zero-order valence-electron chi connectivity index (χ0n) is 21.7. The van der Waals surface area contributed by atoms with E-state index in [1.54, 1.807) is 7.11 Å². The Bertz CT molecular complexity index is 1070. The number of pyridine rings is 1. The number of aliphatic carboxylic acids is 1. The molecule has 0 saturated heterocycles. The Hall–Kier alpha value is -2.95. The highest BCUT2D eigenvalue weighted by Gasteiger charge is 2.22. The zero-order valence-corrected chi connectivity index (χ0v) is 22.4. The summed E-state index contributed by atoms with van der Waals surface area (Å²) in [4.78, 5) is 30.8. The minimum Gasteiger partial charge on any atom is -0.480 e. The second-order valence-electron chi connectivity index (χ2n) is 9.25. The summed E-state index contributed by atoms with van der Waals surface area (Å²) >= 11 is 5.87. The van der Waals surface area contributed by atoms with E-state index in [1.165, 1.54) is 23.8 Å². The van der Waals surface area contributed by atoms with Gasteiger partial charge in [0.15, 0.2) is 0 Å². The molecule has 0 saturated carbocycles. The van der Waals surface area contributed by atoms with Crippen LogP contribution in [0.5, 0.6) is 0 Å². The lowest BCUT2D eigenvalue weighted by Crippen LogP contribution is -2.43. The number of rotatable bonds is 15. The topological polar surface area (TPSA) is 113 Å². The van der Waals surface area contributed by atoms with E-state index >= 15 is 0 Å². The van der Waals surface area contributed by atoms with Crippen LogP contribution in [-0.2, 0) is 33.7 Å². The Labute approximate surface area is 227 Å². The Morgan fingerprint density at radius 2 is 2.08 bits per heavy atom. The first-order chi connectivity index (χ1) is 18.4. The fourth-order valence-corrected chi connectivity index (χ4v) is 4.44. The van der Waals surface area contributed by atoms with Gasteiger partial charge in [-0.05, 0) is 62.8 Å². The number of alkyl carbamates (subject to hydrolysis) is 1. The fourth-order valence-electron chi connectivity index (χ4n) is 4.26. The molecule has 1 aromatic carbocycles. The molecule has 0 unspecified atom stereocenters. The number of nitrogens with zero attached hydrogens (tertiary/aromatic N) is 2. The standard InChI is InChI=1S/C27H36ClFN4O5/c1-37-17-16-33(14-3-2-8-21-11-10-19-7-5-13-30-25(19)31-21)15-12-23(26(34)35)32-27(36)38-18-20-6-4-9-22(29)24(20)28/h4,6,9-11,23H,2-3,5,7-8,12-18H2,1H3,(H,30,31)(H,32,36)(H,34,35)/t23-/m0/s1. The van der Waals surface area contributed by atoms with Crippen molar-refractivity contribution in [2.75, 3.05) is 45.2 Å². The molecule has 1 aliphatic rings. The fraction of sp³-hybridized carbons (Fsp3) is 0.519. The quantitative estimate of drug-likeness (QED) is 0.282. The van der Waals surface area contributed by atoms with Gasteiger partial charge in [0.25, 0.3) is 0 Å². The van der Waals surface area contributed by atoms with E-state index in [2.05, 4.69) is 27.7 Å². The van der Waals surface area contributed by atoms with Crippen molar-refractivity contribution in [3.8, 4) is 0 Å². The van der Waals surface area contributed by atoms with Gasteiger partial charge in [-0.3, -0.25) is 0 Å². The number of carbonyl (C=O) groups excluding carboxylic acids is 1. The summed E-state index contributed by atoms with van der Waals surface area (Å²) in [6, 6.07) is 7.30. The van der Waals surface area contributed by atoms with E-state index in [-0.39, 0.29) is 18.1 Å². The molecule has 3 rings (SSSR count). The predicted molar refractivity (Wildman–Crippen MR) is 143 cm³/mol. The molecule has 1 atom stereocenters. The average molecular weight is 551 g/mol. The molecule has 0 fully saturated rings. The number of carbonyl (C=O) groups is 2. The predicted octanol–water partition coefficient (Wildman–Crippen LogP) is 4.27. The van der Waals surface area contributed by atoms with Gasteiger partial charge in [-0.2, -0.15) is 0 Å². The van der Waals surface area contributed by atoms with Crippen LogP contribution in [0.25, 0.3) is 0 Å². The van der Waals surface area contributed by atoms with Crippen LogP contribution in [0.1, 0.15) is 42.5 Å². The molecule has 0 aliphatic carbocycles. The number of halogens is 2. The number of benzene rings is 1.